The highest BCUT2D eigenvalue weighted by molar-refractivity contribution is 5.62. The monoisotopic (exact) mass is 371 g/mol. The summed E-state index contributed by atoms with van der Waals surface area (Å²) in [7, 11) is 0. The smallest absolute Gasteiger partial charge is 0.254 e. The van der Waals surface area contributed by atoms with E-state index in [-0.39, 0.29) is 23.2 Å². The number of benzene rings is 2. The minimum atomic E-state index is -0.770. The van der Waals surface area contributed by atoms with Crippen molar-refractivity contribution in [2.75, 3.05) is 0 Å². The van der Waals surface area contributed by atoms with Crippen LogP contribution >= 0.6 is 0 Å². The summed E-state index contributed by atoms with van der Waals surface area (Å²) < 4.78 is 43.1. The Balaban J connectivity index is 2.24. The van der Waals surface area contributed by atoms with Crippen LogP contribution in [0.1, 0.15) is 27.8 Å². The summed E-state index contributed by atoms with van der Waals surface area (Å²) >= 11 is 0. The van der Waals surface area contributed by atoms with Gasteiger partial charge in [0.25, 0.3) is 5.56 Å². The molecule has 140 valence electrons. The average Bonchev–Trinajstić information content (AvgIpc) is 2.63. The summed E-state index contributed by atoms with van der Waals surface area (Å²) in [6.07, 6.45) is 0. The number of halogens is 3. The Labute approximate surface area is 155 Å². The van der Waals surface area contributed by atoms with Gasteiger partial charge in [0, 0.05) is 11.1 Å². The molecule has 0 saturated heterocycles. The quantitative estimate of drug-likeness (QED) is 0.615. The van der Waals surface area contributed by atoms with Crippen LogP contribution in [0.15, 0.2) is 47.3 Å². The van der Waals surface area contributed by atoms with Gasteiger partial charge in [-0.1, -0.05) is 23.8 Å². The van der Waals surface area contributed by atoms with Crippen LogP contribution < -0.4 is 5.56 Å². The number of hydrogen-bond acceptors (Lipinski definition) is 1. The predicted octanol–water partition coefficient (Wildman–Crippen LogP) is 5.24. The first-order chi connectivity index (χ1) is 12.8. The molecule has 0 aliphatic carbocycles. The number of pyridine rings is 1. The molecule has 0 saturated carbocycles. The van der Waals surface area contributed by atoms with Crippen molar-refractivity contribution in [3.63, 3.8) is 0 Å². The van der Waals surface area contributed by atoms with Gasteiger partial charge in [-0.05, 0) is 61.7 Å². The maximum atomic E-state index is 14.4. The van der Waals surface area contributed by atoms with Gasteiger partial charge in [-0.15, -0.1) is 0 Å². The molecule has 1 heterocycles. The van der Waals surface area contributed by atoms with Crippen LogP contribution in [-0.2, 0) is 13.2 Å². The fourth-order valence-electron chi connectivity index (χ4n) is 3.12. The molecule has 2 nitrogen and oxygen atoms in total. The number of alkyl halides is 1. The molecule has 0 fully saturated rings. The van der Waals surface area contributed by atoms with Gasteiger partial charge >= 0.3 is 0 Å². The molecule has 5 heteroatoms. The summed E-state index contributed by atoms with van der Waals surface area (Å²) in [6, 6.07) is 11.2. The Hall–Kier alpha value is -2.82. The van der Waals surface area contributed by atoms with E-state index in [0.717, 1.165) is 23.3 Å². The molecule has 0 atom stereocenters. The van der Waals surface area contributed by atoms with E-state index < -0.39 is 23.9 Å². The molecule has 0 aliphatic heterocycles. The van der Waals surface area contributed by atoms with Gasteiger partial charge in [-0.2, -0.15) is 0 Å². The second-order valence-corrected chi connectivity index (χ2v) is 6.77. The van der Waals surface area contributed by atoms with Crippen LogP contribution in [0.3, 0.4) is 0 Å². The van der Waals surface area contributed by atoms with Crippen molar-refractivity contribution in [1.82, 2.24) is 4.57 Å². The molecule has 27 heavy (non-hydrogen) atoms. The molecular formula is C22H20F3NO. The molecule has 1 aromatic heterocycles. The third-order valence-corrected chi connectivity index (χ3v) is 4.76. The highest BCUT2D eigenvalue weighted by Crippen LogP contribution is 2.24. The number of hydrogen-bond donors (Lipinski definition) is 0. The van der Waals surface area contributed by atoms with E-state index in [4.69, 9.17) is 0 Å². The van der Waals surface area contributed by atoms with E-state index in [2.05, 4.69) is 0 Å². The van der Waals surface area contributed by atoms with E-state index in [1.54, 1.807) is 13.0 Å². The molecule has 0 bridgehead atoms. The highest BCUT2D eigenvalue weighted by atomic mass is 19.1. The van der Waals surface area contributed by atoms with Gasteiger partial charge in [0.1, 0.15) is 18.3 Å². The SMILES string of the molecule is Cc1cccc(-c2cc(CF)c(C)c(=O)n2Cc2cc(F)c(C)cc2F)c1. The molecule has 0 aliphatic rings. The maximum absolute atomic E-state index is 14.4. The maximum Gasteiger partial charge on any atom is 0.254 e. The van der Waals surface area contributed by atoms with Gasteiger partial charge in [0.15, 0.2) is 0 Å². The summed E-state index contributed by atoms with van der Waals surface area (Å²) in [6.45, 7) is 4.02. The molecule has 3 aromatic rings. The number of aromatic nitrogens is 1. The minimum Gasteiger partial charge on any atom is -0.303 e. The highest BCUT2D eigenvalue weighted by Gasteiger charge is 2.16. The van der Waals surface area contributed by atoms with Crippen molar-refractivity contribution in [2.45, 2.75) is 34.0 Å². The molecule has 3 rings (SSSR count). The van der Waals surface area contributed by atoms with Crippen LogP contribution in [0, 0.1) is 32.4 Å². The van der Waals surface area contributed by atoms with Crippen LogP contribution in [0.25, 0.3) is 11.3 Å². The second-order valence-electron chi connectivity index (χ2n) is 6.77. The van der Waals surface area contributed by atoms with E-state index in [1.165, 1.54) is 11.5 Å². The third kappa shape index (κ3) is 3.68. The normalized spacial score (nSPS) is 11.0. The molecule has 2 aromatic carbocycles. The van der Waals surface area contributed by atoms with Crippen molar-refractivity contribution in [1.29, 1.82) is 0 Å². The Kier molecular flexibility index (Phi) is 5.22. The van der Waals surface area contributed by atoms with Gasteiger partial charge in [0.05, 0.1) is 12.2 Å². The summed E-state index contributed by atoms with van der Waals surface area (Å²) in [5.74, 6) is -1.11. The molecule has 0 amide bonds. The minimum absolute atomic E-state index is 0.0708. The van der Waals surface area contributed by atoms with E-state index in [1.807, 2.05) is 31.2 Å². The summed E-state index contributed by atoms with van der Waals surface area (Å²) in [5, 5.41) is 0. The third-order valence-electron chi connectivity index (χ3n) is 4.76. The zero-order valence-corrected chi connectivity index (χ0v) is 15.4. The lowest BCUT2D eigenvalue weighted by Crippen LogP contribution is -2.26. The summed E-state index contributed by atoms with van der Waals surface area (Å²) in [4.78, 5) is 12.9. The van der Waals surface area contributed by atoms with Crippen molar-refractivity contribution in [3.05, 3.63) is 92.3 Å². The van der Waals surface area contributed by atoms with Gasteiger partial charge in [-0.25, -0.2) is 13.2 Å². The van der Waals surface area contributed by atoms with E-state index in [9.17, 15) is 18.0 Å². The molecule has 0 radical (unpaired) electrons. The van der Waals surface area contributed by atoms with Crippen LogP contribution in [0.4, 0.5) is 13.2 Å². The standard InChI is InChI=1S/C22H20F3NO/c1-13-5-4-6-16(7-13)21-10-17(11-23)15(3)22(27)26(21)12-18-9-19(24)14(2)8-20(18)25/h4-10H,11-12H2,1-3H3. The van der Waals surface area contributed by atoms with Gasteiger partial charge < -0.3 is 4.57 Å². The largest absolute Gasteiger partial charge is 0.303 e. The molecule has 0 N–H and O–H groups in total. The average molecular weight is 371 g/mol. The first-order valence-corrected chi connectivity index (χ1v) is 8.62. The lowest BCUT2D eigenvalue weighted by atomic mass is 10.0. The first kappa shape index (κ1) is 19.0. The Morgan fingerprint density at radius 1 is 0.926 bits per heavy atom. The van der Waals surface area contributed by atoms with E-state index >= 15 is 0 Å². The zero-order valence-electron chi connectivity index (χ0n) is 15.4. The predicted molar refractivity (Wildman–Crippen MR) is 101 cm³/mol. The zero-order chi connectivity index (χ0) is 19.7. The summed E-state index contributed by atoms with van der Waals surface area (Å²) in [5.41, 5.74) is 2.58. The van der Waals surface area contributed by atoms with Crippen molar-refractivity contribution in [2.24, 2.45) is 0 Å². The van der Waals surface area contributed by atoms with Gasteiger partial charge in [0.2, 0.25) is 0 Å². The fourth-order valence-corrected chi connectivity index (χ4v) is 3.12. The topological polar surface area (TPSA) is 22.0 Å². The van der Waals surface area contributed by atoms with Crippen LogP contribution in [0.5, 0.6) is 0 Å². The fraction of sp³-hybridized carbons (Fsp3) is 0.227. The lowest BCUT2D eigenvalue weighted by molar-refractivity contribution is 0.481. The van der Waals surface area contributed by atoms with Crippen LogP contribution in [-0.4, -0.2) is 4.57 Å². The van der Waals surface area contributed by atoms with Crippen molar-refractivity contribution in [3.8, 4) is 11.3 Å². The molecule has 0 unspecified atom stereocenters. The Bertz CT molecular complexity index is 1070. The molecular weight excluding hydrogens is 351 g/mol. The number of aryl methyl sites for hydroxylation is 2. The number of rotatable bonds is 4. The first-order valence-electron chi connectivity index (χ1n) is 8.62. The molecule has 0 spiro atoms. The second kappa shape index (κ2) is 7.43. The van der Waals surface area contributed by atoms with Crippen molar-refractivity contribution >= 4 is 0 Å². The van der Waals surface area contributed by atoms with Crippen LogP contribution in [0.2, 0.25) is 0 Å². The van der Waals surface area contributed by atoms with Crippen molar-refractivity contribution < 1.29 is 13.2 Å². The lowest BCUT2D eigenvalue weighted by Gasteiger charge is -2.17. The Morgan fingerprint density at radius 3 is 2.33 bits per heavy atom. The number of nitrogens with zero attached hydrogens (tertiary/aromatic N) is 1. The Morgan fingerprint density at radius 2 is 1.67 bits per heavy atom. The van der Waals surface area contributed by atoms with Gasteiger partial charge in [-0.3, -0.25) is 4.79 Å². The van der Waals surface area contributed by atoms with E-state index in [0.29, 0.717) is 11.3 Å².